The number of sulfonamides is 1. The van der Waals surface area contributed by atoms with Crippen LogP contribution in [-0.4, -0.2) is 18.2 Å². The zero-order chi connectivity index (χ0) is 11.8. The number of hydrogen-bond donors (Lipinski definition) is 1. The third-order valence-electron chi connectivity index (χ3n) is 3.19. The second-order valence-electron chi connectivity index (χ2n) is 4.63. The molecule has 1 saturated carbocycles. The molecule has 0 aromatic carbocycles. The molecule has 0 spiro atoms. The number of aromatic nitrogens is 2. The van der Waals surface area contributed by atoms with Crippen LogP contribution in [0.3, 0.4) is 0 Å². The second kappa shape index (κ2) is 4.18. The monoisotopic (exact) mass is 243 g/mol. The van der Waals surface area contributed by atoms with Gasteiger partial charge in [0.05, 0.1) is 12.2 Å². The second-order valence-corrected chi connectivity index (χ2v) is 6.19. The first-order valence-corrected chi connectivity index (χ1v) is 7.08. The average Bonchev–Trinajstić information content (AvgIpc) is 2.65. The van der Waals surface area contributed by atoms with Crippen molar-refractivity contribution >= 4 is 10.0 Å². The first-order valence-electron chi connectivity index (χ1n) is 5.54. The van der Waals surface area contributed by atoms with Crippen LogP contribution >= 0.6 is 0 Å². The van der Waals surface area contributed by atoms with Crippen molar-refractivity contribution in [3.8, 4) is 0 Å². The molecule has 2 rings (SSSR count). The summed E-state index contributed by atoms with van der Waals surface area (Å²) in [7, 11) is -3.62. The molecule has 2 unspecified atom stereocenters. The number of rotatable bonds is 2. The van der Waals surface area contributed by atoms with E-state index in [0.29, 0.717) is 12.0 Å². The molecule has 1 fully saturated rings. The summed E-state index contributed by atoms with van der Waals surface area (Å²) in [5, 5.41) is 9.14. The van der Waals surface area contributed by atoms with Gasteiger partial charge in [0.2, 0.25) is 10.0 Å². The lowest BCUT2D eigenvalue weighted by Gasteiger charge is -2.26. The highest BCUT2D eigenvalue weighted by Gasteiger charge is 2.22. The molecule has 0 radical (unpaired) electrons. The highest BCUT2D eigenvalue weighted by atomic mass is 32.2. The van der Waals surface area contributed by atoms with E-state index in [9.17, 15) is 8.42 Å². The van der Waals surface area contributed by atoms with Gasteiger partial charge in [0, 0.05) is 6.20 Å². The highest BCUT2D eigenvalue weighted by Crippen LogP contribution is 2.31. The molecule has 5 nitrogen and oxygen atoms in total. The van der Waals surface area contributed by atoms with E-state index >= 15 is 0 Å². The lowest BCUT2D eigenvalue weighted by molar-refractivity contribution is 0.266. The van der Waals surface area contributed by atoms with Crippen LogP contribution < -0.4 is 5.14 Å². The topological polar surface area (TPSA) is 78.0 Å². The van der Waals surface area contributed by atoms with Crippen LogP contribution in [0, 0.1) is 5.92 Å². The standard InChI is InChI=1S/C10H17N3O2S/c1-8-3-2-4-9(5-8)13-7-10(6-12-13)16(11,14)15/h6-9H,2-5H2,1H3,(H2,11,14,15). The van der Waals surface area contributed by atoms with Gasteiger partial charge >= 0.3 is 0 Å². The fraction of sp³-hybridized carbons (Fsp3) is 0.700. The Bertz CT molecular complexity index is 466. The van der Waals surface area contributed by atoms with Crippen molar-refractivity contribution in [2.45, 2.75) is 43.5 Å². The minimum Gasteiger partial charge on any atom is -0.268 e. The van der Waals surface area contributed by atoms with E-state index in [1.807, 2.05) is 0 Å². The molecular formula is C10H17N3O2S. The van der Waals surface area contributed by atoms with Gasteiger partial charge in [-0.1, -0.05) is 19.8 Å². The highest BCUT2D eigenvalue weighted by molar-refractivity contribution is 7.89. The summed E-state index contributed by atoms with van der Waals surface area (Å²) in [4.78, 5) is 0.103. The first kappa shape index (κ1) is 11.6. The predicted molar refractivity (Wildman–Crippen MR) is 60.3 cm³/mol. The Balaban J connectivity index is 2.18. The average molecular weight is 243 g/mol. The van der Waals surface area contributed by atoms with Crippen molar-refractivity contribution in [3.05, 3.63) is 12.4 Å². The van der Waals surface area contributed by atoms with E-state index in [-0.39, 0.29) is 4.90 Å². The van der Waals surface area contributed by atoms with Gasteiger partial charge in [-0.2, -0.15) is 5.10 Å². The molecule has 1 aliphatic carbocycles. The zero-order valence-corrected chi connectivity index (χ0v) is 10.2. The number of primary sulfonamides is 1. The summed E-state index contributed by atoms with van der Waals surface area (Å²) in [6, 6.07) is 0.319. The van der Waals surface area contributed by atoms with Gasteiger partial charge in [-0.05, 0) is 18.8 Å². The van der Waals surface area contributed by atoms with Crippen LogP contribution in [0.25, 0.3) is 0 Å². The third kappa shape index (κ3) is 2.44. The van der Waals surface area contributed by atoms with Crippen LogP contribution in [0.4, 0.5) is 0 Å². The predicted octanol–water partition coefficient (Wildman–Crippen LogP) is 1.28. The van der Waals surface area contributed by atoms with Crippen LogP contribution in [0.5, 0.6) is 0 Å². The Kier molecular flexibility index (Phi) is 3.03. The summed E-state index contributed by atoms with van der Waals surface area (Å²) in [6.07, 6.45) is 7.42. The normalized spacial score (nSPS) is 26.9. The zero-order valence-electron chi connectivity index (χ0n) is 9.33. The number of nitrogens with zero attached hydrogens (tertiary/aromatic N) is 2. The van der Waals surface area contributed by atoms with E-state index in [4.69, 9.17) is 5.14 Å². The molecule has 0 saturated heterocycles. The van der Waals surface area contributed by atoms with Crippen molar-refractivity contribution in [1.82, 2.24) is 9.78 Å². The van der Waals surface area contributed by atoms with E-state index in [1.54, 1.807) is 4.68 Å². The van der Waals surface area contributed by atoms with E-state index in [2.05, 4.69) is 12.0 Å². The van der Waals surface area contributed by atoms with Crippen molar-refractivity contribution in [2.75, 3.05) is 0 Å². The first-order chi connectivity index (χ1) is 7.47. The summed E-state index contributed by atoms with van der Waals surface area (Å²) >= 11 is 0. The van der Waals surface area contributed by atoms with Gasteiger partial charge in [-0.15, -0.1) is 0 Å². The fourth-order valence-corrected chi connectivity index (χ4v) is 2.76. The molecule has 0 bridgehead atoms. The Morgan fingerprint density at radius 1 is 1.50 bits per heavy atom. The molecule has 2 atom stereocenters. The van der Waals surface area contributed by atoms with Crippen LogP contribution in [0.15, 0.2) is 17.3 Å². The number of nitrogens with two attached hydrogens (primary N) is 1. The Hall–Kier alpha value is -0.880. The van der Waals surface area contributed by atoms with Gasteiger partial charge < -0.3 is 0 Å². The summed E-state index contributed by atoms with van der Waals surface area (Å²) in [5.74, 6) is 0.681. The lowest BCUT2D eigenvalue weighted by Crippen LogP contribution is -2.18. The lowest BCUT2D eigenvalue weighted by atomic mass is 9.87. The summed E-state index contributed by atoms with van der Waals surface area (Å²) < 4.78 is 24.0. The van der Waals surface area contributed by atoms with Gasteiger partial charge in [-0.3, -0.25) is 4.68 Å². The van der Waals surface area contributed by atoms with E-state index < -0.39 is 10.0 Å². The van der Waals surface area contributed by atoms with Gasteiger partial charge in [0.15, 0.2) is 0 Å². The summed E-state index contributed by atoms with van der Waals surface area (Å²) in [5.41, 5.74) is 0. The molecule has 0 aliphatic heterocycles. The van der Waals surface area contributed by atoms with Crippen molar-refractivity contribution < 1.29 is 8.42 Å². The minimum absolute atomic E-state index is 0.103. The van der Waals surface area contributed by atoms with Crippen LogP contribution in [0.1, 0.15) is 38.6 Å². The molecule has 16 heavy (non-hydrogen) atoms. The molecule has 1 aliphatic rings. The summed E-state index contributed by atoms with van der Waals surface area (Å²) in [6.45, 7) is 2.22. The van der Waals surface area contributed by atoms with Gasteiger partial charge in [0.1, 0.15) is 4.90 Å². The van der Waals surface area contributed by atoms with Crippen LogP contribution in [0.2, 0.25) is 0 Å². The Morgan fingerprint density at radius 3 is 2.81 bits per heavy atom. The largest absolute Gasteiger partial charge is 0.268 e. The smallest absolute Gasteiger partial charge is 0.241 e. The Labute approximate surface area is 95.7 Å². The molecular weight excluding hydrogens is 226 g/mol. The molecule has 1 heterocycles. The quantitative estimate of drug-likeness (QED) is 0.850. The maximum absolute atomic E-state index is 11.1. The minimum atomic E-state index is -3.62. The van der Waals surface area contributed by atoms with Gasteiger partial charge in [0.25, 0.3) is 0 Å². The third-order valence-corrected chi connectivity index (χ3v) is 4.06. The van der Waals surface area contributed by atoms with Gasteiger partial charge in [-0.25, -0.2) is 13.6 Å². The Morgan fingerprint density at radius 2 is 2.25 bits per heavy atom. The maximum atomic E-state index is 11.1. The SMILES string of the molecule is CC1CCCC(n2cc(S(N)(=O)=O)cn2)C1. The maximum Gasteiger partial charge on any atom is 0.241 e. The van der Waals surface area contributed by atoms with Crippen molar-refractivity contribution in [1.29, 1.82) is 0 Å². The molecule has 1 aromatic heterocycles. The van der Waals surface area contributed by atoms with Crippen LogP contribution in [-0.2, 0) is 10.0 Å². The van der Waals surface area contributed by atoms with Crippen molar-refractivity contribution in [2.24, 2.45) is 11.1 Å². The molecule has 6 heteroatoms. The van der Waals surface area contributed by atoms with E-state index in [1.165, 1.54) is 25.2 Å². The molecule has 2 N–H and O–H groups in total. The fourth-order valence-electron chi connectivity index (χ4n) is 2.31. The molecule has 0 amide bonds. The molecule has 90 valence electrons. The molecule has 1 aromatic rings. The van der Waals surface area contributed by atoms with Crippen molar-refractivity contribution in [3.63, 3.8) is 0 Å². The van der Waals surface area contributed by atoms with E-state index in [0.717, 1.165) is 12.8 Å². The number of hydrogen-bond acceptors (Lipinski definition) is 3.